The summed E-state index contributed by atoms with van der Waals surface area (Å²) in [5.41, 5.74) is 0. The van der Waals surface area contributed by atoms with Crippen LogP contribution in [0.25, 0.3) is 0 Å². The fourth-order valence-electron chi connectivity index (χ4n) is 1.88. The first-order valence-corrected chi connectivity index (χ1v) is 7.09. The molecule has 2 heterocycles. The lowest BCUT2D eigenvalue weighted by molar-refractivity contribution is 0.391. The molecule has 2 aromatic rings. The minimum Gasteiger partial charge on any atom is -0.424 e. The third-order valence-electron chi connectivity index (χ3n) is 2.66. The third kappa shape index (κ3) is 3.65. The summed E-state index contributed by atoms with van der Waals surface area (Å²) >= 11 is 1.78. The molecule has 1 atom stereocenters. The van der Waals surface area contributed by atoms with Crippen LogP contribution in [-0.4, -0.2) is 10.2 Å². The third-order valence-corrected chi connectivity index (χ3v) is 3.65. The fourth-order valence-corrected chi connectivity index (χ4v) is 2.70. The summed E-state index contributed by atoms with van der Waals surface area (Å²) in [5.74, 6) is 1.91. The predicted molar refractivity (Wildman–Crippen MR) is 72.4 cm³/mol. The van der Waals surface area contributed by atoms with E-state index in [1.54, 1.807) is 18.3 Å². The molecule has 0 bridgehead atoms. The first-order chi connectivity index (χ1) is 8.65. The predicted octanol–water partition coefficient (Wildman–Crippen LogP) is 3.32. The van der Waals surface area contributed by atoms with Gasteiger partial charge in [0.2, 0.25) is 11.8 Å². The maximum absolute atomic E-state index is 5.37. The number of hydrogen-bond acceptors (Lipinski definition) is 5. The van der Waals surface area contributed by atoms with Crippen LogP contribution in [0.4, 0.5) is 0 Å². The molecule has 0 aromatic carbocycles. The van der Waals surface area contributed by atoms with Gasteiger partial charge in [0.25, 0.3) is 0 Å². The van der Waals surface area contributed by atoms with Crippen molar-refractivity contribution in [3.8, 4) is 0 Å². The van der Waals surface area contributed by atoms with Crippen molar-refractivity contribution in [1.29, 1.82) is 0 Å². The Kier molecular flexibility index (Phi) is 4.49. The maximum Gasteiger partial charge on any atom is 0.230 e. The molecule has 18 heavy (non-hydrogen) atoms. The lowest BCUT2D eigenvalue weighted by Gasteiger charge is -2.18. The Hall–Kier alpha value is -1.20. The molecule has 98 valence electrons. The zero-order valence-corrected chi connectivity index (χ0v) is 11.8. The number of aryl methyl sites for hydroxylation is 1. The van der Waals surface area contributed by atoms with Gasteiger partial charge >= 0.3 is 0 Å². The van der Waals surface area contributed by atoms with Crippen molar-refractivity contribution in [2.45, 2.75) is 39.8 Å². The summed E-state index contributed by atoms with van der Waals surface area (Å²) < 4.78 is 5.37. The second kappa shape index (κ2) is 6.11. The standard InChI is InChI=1S/C13H19N3OS/c1-9(2)7-11(12-5-4-6-18-12)14-8-13-16-15-10(3)17-13/h4-6,9,11,14H,7-8H2,1-3H3/t11-/m1/s1. The van der Waals surface area contributed by atoms with Crippen LogP contribution in [0.2, 0.25) is 0 Å². The highest BCUT2D eigenvalue weighted by Crippen LogP contribution is 2.25. The highest BCUT2D eigenvalue weighted by molar-refractivity contribution is 7.10. The Bertz CT molecular complexity index is 464. The van der Waals surface area contributed by atoms with Gasteiger partial charge in [0, 0.05) is 17.8 Å². The molecular weight excluding hydrogens is 246 g/mol. The lowest BCUT2D eigenvalue weighted by Crippen LogP contribution is -2.21. The van der Waals surface area contributed by atoms with Crippen molar-refractivity contribution < 1.29 is 4.42 Å². The molecule has 0 radical (unpaired) electrons. The van der Waals surface area contributed by atoms with E-state index in [-0.39, 0.29) is 0 Å². The number of nitrogens with zero attached hydrogens (tertiary/aromatic N) is 2. The topological polar surface area (TPSA) is 51.0 Å². The highest BCUT2D eigenvalue weighted by Gasteiger charge is 2.15. The van der Waals surface area contributed by atoms with E-state index in [0.29, 0.717) is 30.3 Å². The second-order valence-electron chi connectivity index (χ2n) is 4.79. The van der Waals surface area contributed by atoms with Crippen LogP contribution in [0.1, 0.15) is 43.0 Å². The van der Waals surface area contributed by atoms with E-state index in [1.807, 2.05) is 0 Å². The Balaban J connectivity index is 1.97. The van der Waals surface area contributed by atoms with Crippen molar-refractivity contribution in [2.75, 3.05) is 0 Å². The van der Waals surface area contributed by atoms with E-state index < -0.39 is 0 Å². The molecule has 0 fully saturated rings. The van der Waals surface area contributed by atoms with Crippen LogP contribution in [0.5, 0.6) is 0 Å². The van der Waals surface area contributed by atoms with Gasteiger partial charge in [0.05, 0.1) is 6.54 Å². The number of nitrogens with one attached hydrogen (secondary N) is 1. The smallest absolute Gasteiger partial charge is 0.230 e. The lowest BCUT2D eigenvalue weighted by atomic mass is 10.0. The van der Waals surface area contributed by atoms with Crippen LogP contribution < -0.4 is 5.32 Å². The van der Waals surface area contributed by atoms with Crippen molar-refractivity contribution in [3.63, 3.8) is 0 Å². The molecule has 4 nitrogen and oxygen atoms in total. The average molecular weight is 265 g/mol. The molecule has 0 aliphatic carbocycles. The van der Waals surface area contributed by atoms with E-state index in [4.69, 9.17) is 4.42 Å². The Morgan fingerprint density at radius 3 is 2.78 bits per heavy atom. The van der Waals surface area contributed by atoms with E-state index in [1.165, 1.54) is 4.88 Å². The molecular formula is C13H19N3OS. The number of hydrogen-bond donors (Lipinski definition) is 1. The molecule has 0 unspecified atom stereocenters. The van der Waals surface area contributed by atoms with Crippen LogP contribution >= 0.6 is 11.3 Å². The molecule has 2 aromatic heterocycles. The van der Waals surface area contributed by atoms with Gasteiger partial charge in [0.1, 0.15) is 0 Å². The molecule has 0 spiro atoms. The second-order valence-corrected chi connectivity index (χ2v) is 5.77. The highest BCUT2D eigenvalue weighted by atomic mass is 32.1. The number of rotatable bonds is 6. The zero-order valence-electron chi connectivity index (χ0n) is 11.0. The average Bonchev–Trinajstić information content (AvgIpc) is 2.94. The normalized spacial score (nSPS) is 13.1. The summed E-state index contributed by atoms with van der Waals surface area (Å²) in [5, 5.41) is 13.4. The summed E-state index contributed by atoms with van der Waals surface area (Å²) in [7, 11) is 0. The summed E-state index contributed by atoms with van der Waals surface area (Å²) in [6, 6.07) is 4.62. The first-order valence-electron chi connectivity index (χ1n) is 6.21. The number of aromatic nitrogens is 2. The summed E-state index contributed by atoms with van der Waals surface area (Å²) in [6.07, 6.45) is 1.10. The van der Waals surface area contributed by atoms with Gasteiger partial charge in [-0.25, -0.2) is 0 Å². The number of thiophene rings is 1. The van der Waals surface area contributed by atoms with Gasteiger partial charge in [-0.2, -0.15) is 0 Å². The van der Waals surface area contributed by atoms with Crippen molar-refractivity contribution >= 4 is 11.3 Å². The minimum absolute atomic E-state index is 0.359. The monoisotopic (exact) mass is 265 g/mol. The Morgan fingerprint density at radius 1 is 1.39 bits per heavy atom. The molecule has 0 amide bonds. The largest absolute Gasteiger partial charge is 0.424 e. The fraction of sp³-hybridized carbons (Fsp3) is 0.538. The van der Waals surface area contributed by atoms with Crippen LogP contribution in [0.15, 0.2) is 21.9 Å². The van der Waals surface area contributed by atoms with Crippen LogP contribution in [0.3, 0.4) is 0 Å². The molecule has 5 heteroatoms. The zero-order chi connectivity index (χ0) is 13.0. The molecule has 0 aliphatic heterocycles. The Morgan fingerprint density at radius 2 is 2.22 bits per heavy atom. The van der Waals surface area contributed by atoms with Crippen molar-refractivity contribution in [3.05, 3.63) is 34.2 Å². The van der Waals surface area contributed by atoms with Crippen LogP contribution in [0, 0.1) is 12.8 Å². The minimum atomic E-state index is 0.359. The van der Waals surface area contributed by atoms with E-state index in [9.17, 15) is 0 Å². The molecule has 1 N–H and O–H groups in total. The first kappa shape index (κ1) is 13.2. The van der Waals surface area contributed by atoms with Gasteiger partial charge in [0.15, 0.2) is 0 Å². The maximum atomic E-state index is 5.37. The van der Waals surface area contributed by atoms with Gasteiger partial charge in [-0.3, -0.25) is 0 Å². The van der Waals surface area contributed by atoms with Crippen LogP contribution in [-0.2, 0) is 6.54 Å². The molecule has 0 saturated heterocycles. The van der Waals surface area contributed by atoms with Gasteiger partial charge in [-0.05, 0) is 23.8 Å². The quantitative estimate of drug-likeness (QED) is 0.870. The SMILES string of the molecule is Cc1nnc(CN[C@H](CC(C)C)c2cccs2)o1. The van der Waals surface area contributed by atoms with Gasteiger partial charge in [-0.15, -0.1) is 21.5 Å². The molecule has 2 rings (SSSR count). The van der Waals surface area contributed by atoms with Gasteiger partial charge < -0.3 is 9.73 Å². The summed E-state index contributed by atoms with van der Waals surface area (Å²) in [6.45, 7) is 6.90. The van der Waals surface area contributed by atoms with Crippen molar-refractivity contribution in [2.24, 2.45) is 5.92 Å². The van der Waals surface area contributed by atoms with E-state index in [2.05, 4.69) is 46.9 Å². The Labute approximate surface area is 111 Å². The molecule has 0 saturated carbocycles. The molecule has 0 aliphatic rings. The van der Waals surface area contributed by atoms with E-state index in [0.717, 1.165) is 6.42 Å². The van der Waals surface area contributed by atoms with Crippen molar-refractivity contribution in [1.82, 2.24) is 15.5 Å². The summed E-state index contributed by atoms with van der Waals surface area (Å²) in [4.78, 5) is 1.36. The van der Waals surface area contributed by atoms with E-state index >= 15 is 0 Å². The van der Waals surface area contributed by atoms with Gasteiger partial charge in [-0.1, -0.05) is 19.9 Å².